The Hall–Kier alpha value is -9.51. The van der Waals surface area contributed by atoms with Crippen LogP contribution >= 0.6 is 0 Å². The van der Waals surface area contributed by atoms with E-state index >= 15 is 0 Å². The zero-order chi connectivity index (χ0) is 81.9. The Kier molecular flexibility index (Phi) is 28.3. The van der Waals surface area contributed by atoms with Crippen molar-refractivity contribution in [2.24, 2.45) is 47.3 Å². The van der Waals surface area contributed by atoms with Gasteiger partial charge in [0, 0.05) is 135 Å². The van der Waals surface area contributed by atoms with E-state index in [2.05, 4.69) is 25.5 Å². The van der Waals surface area contributed by atoms with E-state index in [1.807, 2.05) is 99.7 Å². The second-order valence-corrected chi connectivity index (χ2v) is 31.8. The zero-order valence-electron chi connectivity index (χ0n) is 66.4. The Balaban J connectivity index is 0.000000244. The number of benzene rings is 3. The molecule has 8 heterocycles. The highest BCUT2D eigenvalue weighted by Crippen LogP contribution is 2.43. The molecule has 4 fully saturated rings. The van der Waals surface area contributed by atoms with Gasteiger partial charge in [-0.25, -0.2) is 9.48 Å². The van der Waals surface area contributed by atoms with Crippen molar-refractivity contribution in [3.63, 3.8) is 0 Å². The number of rotatable bonds is 11. The number of piperazine rings is 1. The molecule has 2 amide bonds. The van der Waals surface area contributed by atoms with E-state index in [-0.39, 0.29) is 97.6 Å². The molecule has 2 bridgehead atoms. The lowest BCUT2D eigenvalue weighted by atomic mass is 9.74. The number of tetrazole rings is 1. The third-order valence-electron chi connectivity index (χ3n) is 23.9. The van der Waals surface area contributed by atoms with Crippen molar-refractivity contribution in [2.45, 2.75) is 187 Å². The van der Waals surface area contributed by atoms with Crippen molar-refractivity contribution in [1.82, 2.24) is 44.5 Å². The Morgan fingerprint density at radius 2 is 1.54 bits per heavy atom. The van der Waals surface area contributed by atoms with Gasteiger partial charge in [-0.05, 0) is 171 Å². The van der Waals surface area contributed by atoms with Crippen LogP contribution in [0.5, 0.6) is 0 Å². The summed E-state index contributed by atoms with van der Waals surface area (Å²) < 4.78 is 65.1. The molecule has 4 aliphatic heterocycles. The summed E-state index contributed by atoms with van der Waals surface area (Å²) in [6.45, 7) is 15.0. The quantitative estimate of drug-likeness (QED) is 0.0405. The number of cyclic esters (lactones) is 1. The Morgan fingerprint density at radius 3 is 2.26 bits per heavy atom. The number of fused-ring (bicyclic) bond motifs is 7. The smallest absolute Gasteiger partial charge is 0.418 e. The van der Waals surface area contributed by atoms with Gasteiger partial charge in [0.1, 0.15) is 30.0 Å². The highest BCUT2D eigenvalue weighted by Gasteiger charge is 2.53. The van der Waals surface area contributed by atoms with Crippen LogP contribution in [0.1, 0.15) is 150 Å². The standard InChI is InChI=1S/C52H79N5O12.C35H28F3N5O2/c1-31-14-10-9-11-15-32(2)45(67-8)26-40-19-17-37(7)52(66,69-40)49(63)50(64)56-21-13-12-16-43(56)51(65)68-46(34(4)24-38-18-20-42(39(25-38)28-58)57-30-53-54-55-57)27-44(60)33(3)23-36(6)48(62)41(29-59)47(61)35(5)22-31;1-2-32(44)42-15-13-41(14-16-42)31-11-9-26(19-28(31)35(36,37)38)43-33(45)12-8-24-20-40-30-10-7-22(18-27(30)34(24)43)25-17-23-5-3-4-6-29(23)39-21-25/h9-11,14-15,23,30-31,33-35,37-43,45-46,48,58-59,62,66H,12-13,16-22,24-29H2,1-8H3;3-12,17-21H,2,13-16H2,1H3/b11-9+,14-10+,32-15+,36-23+;/t31-,33-,34-,35-,37-,38+,39+,40+,41+,42+,43+,45+,46+,48-,52-;/m1./s1. The minimum Gasteiger partial charge on any atom is -0.460 e. The molecule has 0 radical (unpaired) electrons. The predicted octanol–water partition coefficient (Wildman–Crippen LogP) is 12.1. The maximum Gasteiger partial charge on any atom is 0.418 e. The second kappa shape index (κ2) is 37.8. The number of pyridine rings is 3. The molecule has 0 spiro atoms. The molecule has 27 heteroatoms. The normalized spacial score (nSPS) is 29.0. The van der Waals surface area contributed by atoms with Gasteiger partial charge in [0.25, 0.3) is 17.2 Å². The van der Waals surface area contributed by atoms with Gasteiger partial charge in [0.05, 0.1) is 64.7 Å². The molecule has 3 saturated heterocycles. The number of nitrogens with zero attached hydrogens (tertiary/aromatic N) is 10. The van der Waals surface area contributed by atoms with Crippen LogP contribution in [0.4, 0.5) is 18.9 Å². The van der Waals surface area contributed by atoms with Gasteiger partial charge in [0.2, 0.25) is 11.7 Å². The number of halogens is 3. The number of Topliss-reactive ketones (excluding diaryl/α,β-unsaturated/α-hetero) is 3. The zero-order valence-corrected chi connectivity index (χ0v) is 66.4. The van der Waals surface area contributed by atoms with E-state index < -0.39 is 101 Å². The first-order valence-corrected chi connectivity index (χ1v) is 40.0. The number of alkyl halides is 3. The van der Waals surface area contributed by atoms with Gasteiger partial charge in [-0.2, -0.15) is 13.2 Å². The Bertz CT molecular complexity index is 4790. The number of methoxy groups -OCH3 is 1. The summed E-state index contributed by atoms with van der Waals surface area (Å²) in [4.78, 5) is 110. The molecule has 1 aliphatic carbocycles. The van der Waals surface area contributed by atoms with Crippen LogP contribution in [-0.4, -0.2) is 189 Å². The van der Waals surface area contributed by atoms with E-state index in [1.54, 1.807) is 93.1 Å². The lowest BCUT2D eigenvalue weighted by molar-refractivity contribution is -0.265. The minimum atomic E-state index is -4.67. The number of anilines is 1. The molecule has 5 aliphatic rings. The van der Waals surface area contributed by atoms with Crippen LogP contribution in [0.25, 0.3) is 49.5 Å². The Labute approximate surface area is 662 Å². The molecule has 15 atom stereocenters. The average Bonchev–Trinajstić information content (AvgIpc) is 0.812. The Morgan fingerprint density at radius 1 is 0.781 bits per heavy atom. The van der Waals surface area contributed by atoms with Gasteiger partial charge in [-0.15, -0.1) is 5.10 Å². The van der Waals surface area contributed by atoms with Crippen molar-refractivity contribution in [2.75, 3.05) is 57.9 Å². The van der Waals surface area contributed by atoms with Crippen molar-refractivity contribution >= 4 is 73.5 Å². The maximum atomic E-state index is 14.6. The van der Waals surface area contributed by atoms with Gasteiger partial charge in [-0.3, -0.25) is 43.3 Å². The van der Waals surface area contributed by atoms with Crippen molar-refractivity contribution in [3.05, 3.63) is 161 Å². The molecule has 4 N–H and O–H groups in total. The van der Waals surface area contributed by atoms with Crippen molar-refractivity contribution in [3.8, 4) is 16.8 Å². The lowest BCUT2D eigenvalue weighted by Crippen LogP contribution is -2.61. The first-order chi connectivity index (χ1) is 54.5. The third kappa shape index (κ3) is 19.7. The average molecular weight is 1570 g/mol. The van der Waals surface area contributed by atoms with Gasteiger partial charge in [-0.1, -0.05) is 102 Å². The van der Waals surface area contributed by atoms with Gasteiger partial charge in [0.15, 0.2) is 0 Å². The van der Waals surface area contributed by atoms with E-state index in [1.165, 1.54) is 21.6 Å². The molecule has 0 unspecified atom stereocenters. The molecule has 24 nitrogen and oxygen atoms in total. The van der Waals surface area contributed by atoms with Gasteiger partial charge >= 0.3 is 12.1 Å². The molecular formula is C87H107F3N10O14. The molecule has 114 heavy (non-hydrogen) atoms. The number of hydrogen-bond acceptors (Lipinski definition) is 20. The van der Waals surface area contributed by atoms with E-state index in [0.29, 0.717) is 105 Å². The lowest BCUT2D eigenvalue weighted by Gasteiger charge is -2.42. The minimum absolute atomic E-state index is 0.0140. The highest BCUT2D eigenvalue weighted by molar-refractivity contribution is 6.39. The van der Waals surface area contributed by atoms with E-state index in [4.69, 9.17) is 14.2 Å². The number of aliphatic hydroxyl groups excluding tert-OH is 3. The number of aliphatic hydroxyl groups is 4. The summed E-state index contributed by atoms with van der Waals surface area (Å²) in [5.74, 6) is -9.53. The van der Waals surface area contributed by atoms with Crippen LogP contribution < -0.4 is 10.5 Å². The fourth-order valence-corrected chi connectivity index (χ4v) is 17.1. The summed E-state index contributed by atoms with van der Waals surface area (Å²) in [5.41, 5.74) is 3.69. The monoisotopic (exact) mass is 1570 g/mol. The van der Waals surface area contributed by atoms with Crippen LogP contribution in [-0.2, 0) is 49.2 Å². The summed E-state index contributed by atoms with van der Waals surface area (Å²) in [6, 6.07) is 21.2. The predicted molar refractivity (Wildman–Crippen MR) is 425 cm³/mol. The van der Waals surface area contributed by atoms with E-state index in [0.717, 1.165) is 40.1 Å². The topological polar surface area (TPSA) is 312 Å². The highest BCUT2D eigenvalue weighted by atomic mass is 19.4. The summed E-state index contributed by atoms with van der Waals surface area (Å²) in [7, 11) is 1.57. The number of hydrogen-bond donors (Lipinski definition) is 4. The van der Waals surface area contributed by atoms with E-state index in [9.17, 15) is 67.2 Å². The summed E-state index contributed by atoms with van der Waals surface area (Å²) >= 11 is 0. The van der Waals surface area contributed by atoms with Crippen molar-refractivity contribution < 1.29 is 76.6 Å². The number of para-hydroxylation sites is 1. The number of ketones is 3. The summed E-state index contributed by atoms with van der Waals surface area (Å²) in [5, 5.41) is 58.0. The number of esters is 1. The van der Waals surface area contributed by atoms with Crippen LogP contribution in [0.15, 0.2) is 150 Å². The molecular weight excluding hydrogens is 1470 g/mol. The molecule has 7 aromatic rings. The van der Waals surface area contributed by atoms with Crippen LogP contribution in [0.3, 0.4) is 0 Å². The number of amides is 2. The number of piperidine rings is 1. The fourth-order valence-electron chi connectivity index (χ4n) is 17.1. The van der Waals surface area contributed by atoms with Gasteiger partial charge < -0.3 is 49.3 Å². The number of carbonyl (C=O) groups excluding carboxylic acids is 6. The number of ether oxygens (including phenoxy) is 3. The first kappa shape index (κ1) is 85.4. The first-order valence-electron chi connectivity index (χ1n) is 40.0. The number of aromatic nitrogens is 7. The fraction of sp³-hybridized carbons (Fsp3) is 0.517. The molecule has 3 aromatic carbocycles. The number of allylic oxidation sites excluding steroid dienone is 6. The maximum absolute atomic E-state index is 14.6. The third-order valence-corrected chi connectivity index (χ3v) is 23.9. The summed E-state index contributed by atoms with van der Waals surface area (Å²) in [6.07, 6.45) is 13.8. The van der Waals surface area contributed by atoms with Crippen LogP contribution in [0.2, 0.25) is 0 Å². The SMILES string of the molecule is CCC(=O)N1CCN(c2ccc(-n3c(=O)ccc4cnc5ccc(-c6cnc7ccccc7c6)cc5c43)cc2C(F)(F)F)CC1.CO[C@H]1C[C@@H]2CC[C@@H](C)[C@@](O)(O2)C(=O)C(=O)N2CCCC[C@H]2C(=O)O[C@H]([C@H](C)C[C@@H]2CC[C@H](n3cnnn3)[C@H](CO)C2)CC(=O)[C@H](C)/C=C(\C)[C@@H](O)[C@@H](CO)C(=O)[C@H](C)C[C@H](C)/C=C/C=C/C=C/1C. The molecule has 12 rings (SSSR count). The van der Waals surface area contributed by atoms with Crippen LogP contribution in [0, 0.1) is 47.3 Å². The molecule has 610 valence electrons. The van der Waals surface area contributed by atoms with Crippen molar-refractivity contribution in [1.29, 1.82) is 0 Å². The molecule has 1 saturated carbocycles. The largest absolute Gasteiger partial charge is 0.460 e. The molecule has 4 aromatic heterocycles. The number of carbonyl (C=O) groups is 6. The second-order valence-electron chi connectivity index (χ2n) is 31.8.